The minimum absolute atomic E-state index is 0.0849. The summed E-state index contributed by atoms with van der Waals surface area (Å²) in [4.78, 5) is 11.9. The number of carbonyl (C=O) groups excluding carboxylic acids is 1. The molecule has 1 amide bonds. The predicted molar refractivity (Wildman–Crippen MR) is 69.9 cm³/mol. The van der Waals surface area contributed by atoms with Gasteiger partial charge in [-0.15, -0.1) is 0 Å². The number of nitrogens with two attached hydrogens (primary N) is 1. The van der Waals surface area contributed by atoms with E-state index in [2.05, 4.69) is 5.32 Å². The monoisotopic (exact) mass is 248 g/mol. The highest BCUT2D eigenvalue weighted by Gasteiger charge is 2.21. The van der Waals surface area contributed by atoms with Crippen LogP contribution in [0.15, 0.2) is 30.3 Å². The maximum Gasteiger partial charge on any atom is 0.223 e. The fourth-order valence-corrected chi connectivity index (χ4v) is 2.13. The van der Waals surface area contributed by atoms with Gasteiger partial charge >= 0.3 is 0 Å². The van der Waals surface area contributed by atoms with Crippen LogP contribution in [0.3, 0.4) is 0 Å². The molecule has 1 aromatic carbocycles. The lowest BCUT2D eigenvalue weighted by Crippen LogP contribution is -2.38. The normalized spacial score (nSPS) is 18.3. The summed E-state index contributed by atoms with van der Waals surface area (Å²) < 4.78 is 5.24. The van der Waals surface area contributed by atoms with E-state index < -0.39 is 0 Å². The summed E-state index contributed by atoms with van der Waals surface area (Å²) in [6.45, 7) is 1.85. The van der Waals surface area contributed by atoms with Gasteiger partial charge in [0.1, 0.15) is 0 Å². The first kappa shape index (κ1) is 13.1. The second-order valence-corrected chi connectivity index (χ2v) is 4.65. The van der Waals surface area contributed by atoms with Gasteiger partial charge in [0.05, 0.1) is 0 Å². The molecule has 1 saturated heterocycles. The van der Waals surface area contributed by atoms with Crippen LogP contribution in [0.4, 0.5) is 0 Å². The van der Waals surface area contributed by atoms with Gasteiger partial charge in [-0.25, -0.2) is 0 Å². The van der Waals surface area contributed by atoms with Gasteiger partial charge in [0, 0.05) is 31.7 Å². The predicted octanol–water partition coefficient (Wildman–Crippen LogP) is 1.23. The van der Waals surface area contributed by atoms with Gasteiger partial charge in [-0.1, -0.05) is 30.3 Å². The van der Waals surface area contributed by atoms with E-state index in [1.54, 1.807) is 0 Å². The summed E-state index contributed by atoms with van der Waals surface area (Å²) in [6.07, 6.45) is 1.62. The van der Waals surface area contributed by atoms with Crippen molar-refractivity contribution in [1.82, 2.24) is 5.32 Å². The standard InChI is InChI=1S/C14H20N2O2/c15-13(11-4-2-1-3-5-11)10-16-14(17)12-6-8-18-9-7-12/h1-5,12-13H,6-10,15H2,(H,16,17)/t13-/m0/s1. The zero-order valence-corrected chi connectivity index (χ0v) is 10.5. The van der Waals surface area contributed by atoms with Crippen LogP contribution >= 0.6 is 0 Å². The van der Waals surface area contributed by atoms with Gasteiger partial charge in [0.25, 0.3) is 0 Å². The highest BCUT2D eigenvalue weighted by Crippen LogP contribution is 2.15. The number of amides is 1. The molecule has 98 valence electrons. The maximum atomic E-state index is 11.9. The number of benzene rings is 1. The Kier molecular flexibility index (Phi) is 4.73. The van der Waals surface area contributed by atoms with Crippen LogP contribution in [0, 0.1) is 5.92 Å². The Balaban J connectivity index is 1.78. The molecule has 1 aliphatic heterocycles. The lowest BCUT2D eigenvalue weighted by molar-refractivity contribution is -0.127. The van der Waals surface area contributed by atoms with Crippen LogP contribution in [-0.2, 0) is 9.53 Å². The molecule has 0 spiro atoms. The van der Waals surface area contributed by atoms with Gasteiger partial charge in [-0.3, -0.25) is 4.79 Å². The Morgan fingerprint density at radius 1 is 1.33 bits per heavy atom. The van der Waals surface area contributed by atoms with Crippen molar-refractivity contribution in [3.8, 4) is 0 Å². The molecule has 0 radical (unpaired) electrons. The van der Waals surface area contributed by atoms with Crippen molar-refractivity contribution in [2.45, 2.75) is 18.9 Å². The highest BCUT2D eigenvalue weighted by molar-refractivity contribution is 5.78. The largest absolute Gasteiger partial charge is 0.381 e. The number of hydrogen-bond donors (Lipinski definition) is 2. The number of carbonyl (C=O) groups is 1. The smallest absolute Gasteiger partial charge is 0.223 e. The molecule has 0 aromatic heterocycles. The van der Waals surface area contributed by atoms with Crippen molar-refractivity contribution in [2.24, 2.45) is 11.7 Å². The van der Waals surface area contributed by atoms with Crippen LogP contribution in [0.25, 0.3) is 0 Å². The SMILES string of the molecule is N[C@@H](CNC(=O)C1CCOCC1)c1ccccc1. The van der Waals surface area contributed by atoms with Crippen LogP contribution in [-0.4, -0.2) is 25.7 Å². The Hall–Kier alpha value is -1.39. The molecule has 1 atom stereocenters. The third-order valence-electron chi connectivity index (χ3n) is 3.32. The molecule has 0 aliphatic carbocycles. The highest BCUT2D eigenvalue weighted by atomic mass is 16.5. The van der Waals surface area contributed by atoms with E-state index in [4.69, 9.17) is 10.5 Å². The molecule has 1 aliphatic rings. The van der Waals surface area contributed by atoms with Crippen LogP contribution < -0.4 is 11.1 Å². The van der Waals surface area contributed by atoms with E-state index in [1.165, 1.54) is 0 Å². The Labute approximate surface area is 108 Å². The number of ether oxygens (including phenoxy) is 1. The topological polar surface area (TPSA) is 64.3 Å². The van der Waals surface area contributed by atoms with E-state index in [0.29, 0.717) is 19.8 Å². The van der Waals surface area contributed by atoms with Crippen molar-refractivity contribution in [1.29, 1.82) is 0 Å². The molecule has 1 heterocycles. The van der Waals surface area contributed by atoms with Crippen molar-refractivity contribution >= 4 is 5.91 Å². The van der Waals surface area contributed by atoms with E-state index in [0.717, 1.165) is 18.4 Å². The first-order valence-corrected chi connectivity index (χ1v) is 6.43. The van der Waals surface area contributed by atoms with Crippen LogP contribution in [0.1, 0.15) is 24.4 Å². The van der Waals surface area contributed by atoms with Crippen LogP contribution in [0.2, 0.25) is 0 Å². The molecule has 3 N–H and O–H groups in total. The average Bonchev–Trinajstić information content (AvgIpc) is 2.46. The van der Waals surface area contributed by atoms with Crippen molar-refractivity contribution < 1.29 is 9.53 Å². The van der Waals surface area contributed by atoms with Gasteiger partial charge in [0.2, 0.25) is 5.91 Å². The summed E-state index contributed by atoms with van der Waals surface area (Å²) in [5, 5.41) is 2.93. The third-order valence-corrected chi connectivity index (χ3v) is 3.32. The minimum Gasteiger partial charge on any atom is -0.381 e. The summed E-state index contributed by atoms with van der Waals surface area (Å²) >= 11 is 0. The van der Waals surface area contributed by atoms with E-state index in [1.807, 2.05) is 30.3 Å². The Bertz CT molecular complexity index is 375. The van der Waals surface area contributed by atoms with Gasteiger partial charge in [0.15, 0.2) is 0 Å². The van der Waals surface area contributed by atoms with Crippen molar-refractivity contribution in [3.05, 3.63) is 35.9 Å². The third kappa shape index (κ3) is 3.55. The fourth-order valence-electron chi connectivity index (χ4n) is 2.13. The van der Waals surface area contributed by atoms with Gasteiger partial charge in [-0.05, 0) is 18.4 Å². The number of nitrogens with one attached hydrogen (secondary N) is 1. The summed E-state index contributed by atoms with van der Waals surface area (Å²) in [7, 11) is 0. The minimum atomic E-state index is -0.144. The first-order chi connectivity index (χ1) is 8.77. The lowest BCUT2D eigenvalue weighted by Gasteiger charge is -2.22. The Morgan fingerprint density at radius 2 is 2.00 bits per heavy atom. The molecule has 0 saturated carbocycles. The molecule has 1 aromatic rings. The molecular formula is C14H20N2O2. The van der Waals surface area contributed by atoms with Gasteiger partial charge in [-0.2, -0.15) is 0 Å². The summed E-state index contributed by atoms with van der Waals surface area (Å²) in [5.41, 5.74) is 7.08. The molecule has 0 unspecified atom stereocenters. The van der Waals surface area contributed by atoms with Crippen molar-refractivity contribution in [2.75, 3.05) is 19.8 Å². The zero-order chi connectivity index (χ0) is 12.8. The molecule has 18 heavy (non-hydrogen) atoms. The number of hydrogen-bond acceptors (Lipinski definition) is 3. The molecule has 4 nitrogen and oxygen atoms in total. The molecule has 2 rings (SSSR count). The van der Waals surface area contributed by atoms with E-state index >= 15 is 0 Å². The molecule has 4 heteroatoms. The van der Waals surface area contributed by atoms with Crippen molar-refractivity contribution in [3.63, 3.8) is 0 Å². The molecular weight excluding hydrogens is 228 g/mol. The molecule has 1 fully saturated rings. The number of rotatable bonds is 4. The summed E-state index contributed by atoms with van der Waals surface area (Å²) in [6, 6.07) is 9.67. The van der Waals surface area contributed by atoms with Crippen LogP contribution in [0.5, 0.6) is 0 Å². The quantitative estimate of drug-likeness (QED) is 0.842. The maximum absolute atomic E-state index is 11.9. The first-order valence-electron chi connectivity index (χ1n) is 6.43. The molecule has 0 bridgehead atoms. The van der Waals surface area contributed by atoms with Gasteiger partial charge < -0.3 is 15.8 Å². The Morgan fingerprint density at radius 3 is 2.67 bits per heavy atom. The van der Waals surface area contributed by atoms with E-state index in [-0.39, 0.29) is 17.9 Å². The average molecular weight is 248 g/mol. The summed E-state index contributed by atoms with van der Waals surface area (Å²) in [5.74, 6) is 0.186. The zero-order valence-electron chi connectivity index (χ0n) is 10.5. The lowest BCUT2D eigenvalue weighted by atomic mass is 9.99. The second kappa shape index (κ2) is 6.52. The van der Waals surface area contributed by atoms with E-state index in [9.17, 15) is 4.79 Å². The second-order valence-electron chi connectivity index (χ2n) is 4.65. The fraction of sp³-hybridized carbons (Fsp3) is 0.500.